The van der Waals surface area contributed by atoms with Crippen LogP contribution in [0, 0.1) is 12.8 Å². The van der Waals surface area contributed by atoms with Crippen LogP contribution in [0.4, 0.5) is 0 Å². The molecule has 0 atom stereocenters. The molecule has 0 aromatic carbocycles. The third kappa shape index (κ3) is 3.43. The molecule has 0 bridgehead atoms. The Balaban J connectivity index is 1.85. The lowest BCUT2D eigenvalue weighted by Crippen LogP contribution is -2.26. The van der Waals surface area contributed by atoms with Gasteiger partial charge in [-0.1, -0.05) is 11.6 Å². The van der Waals surface area contributed by atoms with Crippen LogP contribution in [0.15, 0.2) is 0 Å². The molecule has 0 saturated carbocycles. The maximum atomic E-state index is 6.29. The van der Waals surface area contributed by atoms with Gasteiger partial charge in [-0.2, -0.15) is 16.9 Å². The van der Waals surface area contributed by atoms with Crippen molar-refractivity contribution in [3.05, 3.63) is 16.4 Å². The molecule has 1 aliphatic heterocycles. The molecule has 0 amide bonds. The summed E-state index contributed by atoms with van der Waals surface area (Å²) in [6, 6.07) is 0. The highest BCUT2D eigenvalue weighted by atomic mass is 35.5. The Morgan fingerprint density at radius 2 is 2.17 bits per heavy atom. The Labute approximate surface area is 119 Å². The molecule has 5 heteroatoms. The SMILES string of the molecule is CCn1nc(C)c(Cl)c1CNCC1CCSCC1. The van der Waals surface area contributed by atoms with Crippen LogP contribution in [0.2, 0.25) is 5.02 Å². The number of hydrogen-bond donors (Lipinski definition) is 1. The van der Waals surface area contributed by atoms with Crippen molar-refractivity contribution in [2.24, 2.45) is 5.92 Å². The first-order chi connectivity index (χ1) is 8.72. The predicted molar refractivity (Wildman–Crippen MR) is 79.4 cm³/mol. The summed E-state index contributed by atoms with van der Waals surface area (Å²) >= 11 is 8.36. The summed E-state index contributed by atoms with van der Waals surface area (Å²) in [6.07, 6.45) is 2.69. The Morgan fingerprint density at radius 3 is 2.83 bits per heavy atom. The van der Waals surface area contributed by atoms with E-state index in [1.54, 1.807) is 0 Å². The number of nitrogens with zero attached hydrogens (tertiary/aromatic N) is 2. The van der Waals surface area contributed by atoms with Gasteiger partial charge in [-0.25, -0.2) is 0 Å². The van der Waals surface area contributed by atoms with Gasteiger partial charge in [0.25, 0.3) is 0 Å². The summed E-state index contributed by atoms with van der Waals surface area (Å²) in [5.41, 5.74) is 2.06. The first-order valence-electron chi connectivity index (χ1n) is 6.72. The minimum absolute atomic E-state index is 0.823. The molecule has 1 fully saturated rings. The van der Waals surface area contributed by atoms with Gasteiger partial charge in [-0.05, 0) is 50.7 Å². The van der Waals surface area contributed by atoms with E-state index in [4.69, 9.17) is 11.6 Å². The fraction of sp³-hybridized carbons (Fsp3) is 0.769. The second kappa shape index (κ2) is 6.83. The summed E-state index contributed by atoms with van der Waals surface area (Å²) in [6.45, 7) is 6.88. The van der Waals surface area contributed by atoms with E-state index in [1.165, 1.54) is 24.3 Å². The molecule has 1 aromatic heterocycles. The van der Waals surface area contributed by atoms with Gasteiger partial charge in [-0.3, -0.25) is 4.68 Å². The van der Waals surface area contributed by atoms with Gasteiger partial charge >= 0.3 is 0 Å². The normalized spacial score (nSPS) is 17.3. The highest BCUT2D eigenvalue weighted by Crippen LogP contribution is 2.23. The van der Waals surface area contributed by atoms with Gasteiger partial charge in [0.2, 0.25) is 0 Å². The number of nitrogens with one attached hydrogen (secondary N) is 1. The van der Waals surface area contributed by atoms with Gasteiger partial charge in [0, 0.05) is 13.1 Å². The van der Waals surface area contributed by atoms with E-state index in [0.717, 1.165) is 42.0 Å². The predicted octanol–water partition coefficient (Wildman–Crippen LogP) is 3.10. The standard InChI is InChI=1S/C13H22ClN3S/c1-3-17-12(13(14)10(2)16-17)9-15-8-11-4-6-18-7-5-11/h11,15H,3-9H2,1-2H3. The fourth-order valence-electron chi connectivity index (χ4n) is 2.38. The molecule has 2 rings (SSSR count). The average Bonchev–Trinajstić information content (AvgIpc) is 2.67. The minimum atomic E-state index is 0.823. The van der Waals surface area contributed by atoms with E-state index in [0.29, 0.717) is 0 Å². The summed E-state index contributed by atoms with van der Waals surface area (Å²) in [4.78, 5) is 0. The van der Waals surface area contributed by atoms with E-state index >= 15 is 0 Å². The molecule has 1 aromatic rings. The number of thioether (sulfide) groups is 1. The minimum Gasteiger partial charge on any atom is -0.311 e. The lowest BCUT2D eigenvalue weighted by Gasteiger charge is -2.21. The third-order valence-corrected chi connectivity index (χ3v) is 5.06. The molecular formula is C13H22ClN3S. The fourth-order valence-corrected chi connectivity index (χ4v) is 3.79. The second-order valence-corrected chi connectivity index (χ2v) is 6.45. The molecular weight excluding hydrogens is 266 g/mol. The molecule has 3 nitrogen and oxygen atoms in total. The Kier molecular flexibility index (Phi) is 5.39. The summed E-state index contributed by atoms with van der Waals surface area (Å²) < 4.78 is 2.00. The number of hydrogen-bond acceptors (Lipinski definition) is 3. The molecule has 0 unspecified atom stereocenters. The molecule has 2 heterocycles. The van der Waals surface area contributed by atoms with Crippen molar-refractivity contribution in [2.45, 2.75) is 39.8 Å². The van der Waals surface area contributed by atoms with Crippen molar-refractivity contribution >= 4 is 23.4 Å². The van der Waals surface area contributed by atoms with E-state index in [-0.39, 0.29) is 0 Å². The van der Waals surface area contributed by atoms with Crippen molar-refractivity contribution in [2.75, 3.05) is 18.1 Å². The highest BCUT2D eigenvalue weighted by Gasteiger charge is 2.15. The summed E-state index contributed by atoms with van der Waals surface area (Å²) in [7, 11) is 0. The quantitative estimate of drug-likeness (QED) is 0.902. The van der Waals surface area contributed by atoms with Crippen molar-refractivity contribution < 1.29 is 0 Å². The first-order valence-corrected chi connectivity index (χ1v) is 8.25. The maximum Gasteiger partial charge on any atom is 0.0860 e. The molecule has 0 radical (unpaired) electrons. The van der Waals surface area contributed by atoms with Crippen molar-refractivity contribution in [1.29, 1.82) is 0 Å². The van der Waals surface area contributed by atoms with E-state index in [9.17, 15) is 0 Å². The van der Waals surface area contributed by atoms with Crippen molar-refractivity contribution in [3.8, 4) is 0 Å². The zero-order valence-corrected chi connectivity index (χ0v) is 12.8. The van der Waals surface area contributed by atoms with Crippen molar-refractivity contribution in [3.63, 3.8) is 0 Å². The largest absolute Gasteiger partial charge is 0.311 e. The molecule has 0 aliphatic carbocycles. The number of aromatic nitrogens is 2. The molecule has 0 spiro atoms. The van der Waals surface area contributed by atoms with Crippen LogP contribution >= 0.6 is 23.4 Å². The second-order valence-electron chi connectivity index (χ2n) is 4.85. The van der Waals surface area contributed by atoms with E-state index in [1.807, 2.05) is 11.6 Å². The van der Waals surface area contributed by atoms with Gasteiger partial charge in [-0.15, -0.1) is 0 Å². The third-order valence-electron chi connectivity index (χ3n) is 3.52. The maximum absolute atomic E-state index is 6.29. The molecule has 1 N–H and O–H groups in total. The topological polar surface area (TPSA) is 29.9 Å². The number of rotatable bonds is 5. The van der Waals surface area contributed by atoms with Crippen LogP contribution in [0.5, 0.6) is 0 Å². The zero-order valence-electron chi connectivity index (χ0n) is 11.2. The Morgan fingerprint density at radius 1 is 1.44 bits per heavy atom. The average molecular weight is 288 g/mol. The lowest BCUT2D eigenvalue weighted by molar-refractivity contribution is 0.441. The molecule has 18 heavy (non-hydrogen) atoms. The summed E-state index contributed by atoms with van der Waals surface area (Å²) in [5, 5.41) is 8.80. The Hall–Kier alpha value is -0.190. The van der Waals surface area contributed by atoms with Crippen LogP contribution in [-0.2, 0) is 13.1 Å². The van der Waals surface area contributed by atoms with Crippen LogP contribution in [0.25, 0.3) is 0 Å². The van der Waals surface area contributed by atoms with Gasteiger partial charge in [0.05, 0.1) is 16.4 Å². The lowest BCUT2D eigenvalue weighted by atomic mass is 10.0. The van der Waals surface area contributed by atoms with Crippen molar-refractivity contribution in [1.82, 2.24) is 15.1 Å². The van der Waals surface area contributed by atoms with Gasteiger partial charge in [0.15, 0.2) is 0 Å². The number of halogens is 1. The van der Waals surface area contributed by atoms with Crippen LogP contribution in [0.1, 0.15) is 31.2 Å². The van der Waals surface area contributed by atoms with Gasteiger partial charge < -0.3 is 5.32 Å². The highest BCUT2D eigenvalue weighted by molar-refractivity contribution is 7.99. The van der Waals surface area contributed by atoms with Crippen LogP contribution in [-0.4, -0.2) is 27.8 Å². The van der Waals surface area contributed by atoms with E-state index < -0.39 is 0 Å². The first kappa shape index (κ1) is 14.2. The molecule has 1 saturated heterocycles. The molecule has 1 aliphatic rings. The molecule has 102 valence electrons. The Bertz CT molecular complexity index is 386. The summed E-state index contributed by atoms with van der Waals surface area (Å²) in [5.74, 6) is 3.47. The zero-order chi connectivity index (χ0) is 13.0. The van der Waals surface area contributed by atoms with Crippen LogP contribution < -0.4 is 5.32 Å². The van der Waals surface area contributed by atoms with E-state index in [2.05, 4.69) is 29.1 Å². The smallest absolute Gasteiger partial charge is 0.0860 e. The van der Waals surface area contributed by atoms with Gasteiger partial charge in [0.1, 0.15) is 0 Å². The monoisotopic (exact) mass is 287 g/mol. The number of aryl methyl sites for hydroxylation is 2. The van der Waals surface area contributed by atoms with Crippen LogP contribution in [0.3, 0.4) is 0 Å².